The third-order valence-electron chi connectivity index (χ3n) is 14.8. The van der Waals surface area contributed by atoms with Crippen LogP contribution >= 0.6 is 15.9 Å². The van der Waals surface area contributed by atoms with Gasteiger partial charge in [0.15, 0.2) is 11.5 Å². The molecule has 0 saturated carbocycles. The van der Waals surface area contributed by atoms with Crippen molar-refractivity contribution in [1.29, 1.82) is 5.41 Å². The summed E-state index contributed by atoms with van der Waals surface area (Å²) in [4.78, 5) is 59.3. The van der Waals surface area contributed by atoms with Gasteiger partial charge in [0.2, 0.25) is 5.78 Å². The summed E-state index contributed by atoms with van der Waals surface area (Å²) in [5.74, 6) is 1.53. The quantitative estimate of drug-likeness (QED) is 0.0445. The van der Waals surface area contributed by atoms with E-state index in [1.165, 1.54) is 28.8 Å². The highest BCUT2D eigenvalue weighted by molar-refractivity contribution is 9.10. The summed E-state index contributed by atoms with van der Waals surface area (Å²) in [6.07, 6.45) is 1.41. The van der Waals surface area contributed by atoms with Crippen molar-refractivity contribution in [2.75, 3.05) is 0 Å². The van der Waals surface area contributed by atoms with Crippen LogP contribution in [0.1, 0.15) is 89.5 Å². The zero-order valence-corrected chi connectivity index (χ0v) is 54.2. The number of hydrogen-bond acceptors (Lipinski definition) is 9. The number of Topliss-reactive ketones (excluding diaryl/α,β-unsaturated/α-hetero) is 5. The number of aromatic hydroxyl groups is 1. The Hall–Kier alpha value is -10.7. The lowest BCUT2D eigenvalue weighted by atomic mass is 10.0. The topological polar surface area (TPSA) is 152 Å². The molecule has 12 aromatic rings. The predicted octanol–water partition coefficient (Wildman–Crippen LogP) is 19.5. The van der Waals surface area contributed by atoms with Crippen LogP contribution in [-0.2, 0) is 51.7 Å². The number of carbonyl (C=O) groups excluding carboxylic acids is 5. The highest BCUT2D eigenvalue weighted by atomic mass is 79.9. The highest BCUT2D eigenvalue weighted by Crippen LogP contribution is 2.27. The van der Waals surface area contributed by atoms with Crippen molar-refractivity contribution in [2.24, 2.45) is 0 Å². The van der Waals surface area contributed by atoms with Crippen LogP contribution in [0.15, 0.2) is 235 Å². The number of hydrogen-bond donors (Lipinski definition) is 2. The van der Waals surface area contributed by atoms with Crippen molar-refractivity contribution in [3.05, 3.63) is 296 Å². The number of phenols is 1. The van der Waals surface area contributed by atoms with E-state index < -0.39 is 11.6 Å². The van der Waals surface area contributed by atoms with Gasteiger partial charge in [0.1, 0.15) is 47.8 Å². The van der Waals surface area contributed by atoms with Gasteiger partial charge < -0.3 is 20.0 Å². The van der Waals surface area contributed by atoms with Crippen molar-refractivity contribution in [3.8, 4) is 17.2 Å². The molecule has 0 bridgehead atoms. The lowest BCUT2D eigenvalue weighted by Crippen LogP contribution is -2.09. The zero-order chi connectivity index (χ0) is 65.8. The second-order valence-corrected chi connectivity index (χ2v) is 23.7. The number of benzene rings is 12. The normalized spacial score (nSPS) is 10.5. The molecule has 12 aromatic carbocycles. The Bertz CT molecular complexity index is 4700. The molecule has 0 saturated heterocycles. The maximum Gasteiger partial charge on any atom is 0.228 e. The molecule has 460 valence electrons. The fourth-order valence-corrected chi connectivity index (χ4v) is 10.5. The van der Waals surface area contributed by atoms with Crippen LogP contribution < -0.4 is 9.47 Å². The molecule has 2 N–H and O–H groups in total. The monoisotopic (exact) mass is 1280 g/mol. The van der Waals surface area contributed by atoms with Crippen LogP contribution in [0, 0.1) is 25.8 Å². The molecule has 10 nitrogen and oxygen atoms in total. The minimum absolute atomic E-state index is 0.160. The van der Waals surface area contributed by atoms with Crippen molar-refractivity contribution in [3.63, 3.8) is 0 Å². The van der Waals surface area contributed by atoms with E-state index in [2.05, 4.69) is 76.2 Å². The molecule has 0 atom stereocenters. The van der Waals surface area contributed by atoms with Crippen LogP contribution in [0.3, 0.4) is 0 Å². The third kappa shape index (κ3) is 20.2. The minimum atomic E-state index is -0.428. The molecule has 0 fully saturated rings. The van der Waals surface area contributed by atoms with E-state index in [1.54, 1.807) is 64.1 Å². The van der Waals surface area contributed by atoms with E-state index in [0.29, 0.717) is 49.4 Å². The molecule has 0 aliphatic carbocycles. The molecule has 0 unspecified atom stereocenters. The van der Waals surface area contributed by atoms with Crippen molar-refractivity contribution >= 4 is 110 Å². The SMILES string of the molecule is CC(=N)c1ccc(COc2ccc3cc(CC(C)=O)ccc3c2)cc1.CC(=O)C(=O)c1ccc2cc(C)ccc2c1.CC(=O)Cc1ccc2cc(O)ccc2c1.Cc1ccc2cc(Br)ccc2c1.[C-]#[N+]c1ccc(COc2ccc3cc(CC(C)=O)ccc3c2)cc1. The molecular formula is C81H71BrN2O8. The van der Waals surface area contributed by atoms with Gasteiger partial charge in [0.25, 0.3) is 0 Å². The number of nitrogens with one attached hydrogen (secondary N) is 1. The number of ether oxygens (including phenoxy) is 2. The molecule has 0 aliphatic heterocycles. The number of ketones is 5. The van der Waals surface area contributed by atoms with Gasteiger partial charge in [-0.15, -0.1) is 0 Å². The van der Waals surface area contributed by atoms with E-state index in [4.69, 9.17) is 21.5 Å². The first kappa shape index (κ1) is 67.3. The van der Waals surface area contributed by atoms with Crippen LogP contribution in [0.4, 0.5) is 5.69 Å². The van der Waals surface area contributed by atoms with E-state index in [1.807, 2.05) is 153 Å². The van der Waals surface area contributed by atoms with Crippen molar-refractivity contribution < 1.29 is 38.6 Å². The van der Waals surface area contributed by atoms with Gasteiger partial charge in [-0.25, -0.2) is 4.85 Å². The van der Waals surface area contributed by atoms with Crippen LogP contribution in [0.25, 0.3) is 58.7 Å². The lowest BCUT2D eigenvalue weighted by Gasteiger charge is -2.09. The summed E-state index contributed by atoms with van der Waals surface area (Å²) in [6.45, 7) is 19.9. The van der Waals surface area contributed by atoms with Gasteiger partial charge in [-0.05, 0) is 183 Å². The summed E-state index contributed by atoms with van der Waals surface area (Å²) in [5, 5.41) is 28.0. The first-order valence-electron chi connectivity index (χ1n) is 30.0. The van der Waals surface area contributed by atoms with Gasteiger partial charge >= 0.3 is 0 Å². The fraction of sp³-hybridized carbons (Fsp3) is 0.148. The first-order chi connectivity index (χ1) is 44.1. The second kappa shape index (κ2) is 32.2. The van der Waals surface area contributed by atoms with Crippen LogP contribution in [0.5, 0.6) is 17.2 Å². The predicted molar refractivity (Wildman–Crippen MR) is 377 cm³/mol. The number of fused-ring (bicyclic) bond motifs is 5. The Morgan fingerprint density at radius 1 is 0.402 bits per heavy atom. The fourth-order valence-electron chi connectivity index (χ4n) is 10.1. The number of rotatable bonds is 15. The summed E-state index contributed by atoms with van der Waals surface area (Å²) in [5.41, 5.74) is 10.3. The number of halogens is 1. The average molecular weight is 1280 g/mol. The molecule has 92 heavy (non-hydrogen) atoms. The van der Waals surface area contributed by atoms with Gasteiger partial charge in [0, 0.05) is 41.9 Å². The second-order valence-electron chi connectivity index (χ2n) is 22.8. The molecule has 0 aromatic heterocycles. The van der Waals surface area contributed by atoms with Crippen LogP contribution in [-0.4, -0.2) is 39.7 Å². The number of aryl methyl sites for hydroxylation is 2. The number of nitrogens with zero attached hydrogens (tertiary/aromatic N) is 1. The maximum absolute atomic E-state index is 11.5. The Balaban J connectivity index is 0.000000152. The van der Waals surface area contributed by atoms with Gasteiger partial charge in [0.05, 0.1) is 6.57 Å². The van der Waals surface area contributed by atoms with E-state index in [9.17, 15) is 29.1 Å². The summed E-state index contributed by atoms with van der Waals surface area (Å²) in [6, 6.07) is 74.5. The Morgan fingerprint density at radius 3 is 1.20 bits per heavy atom. The highest BCUT2D eigenvalue weighted by Gasteiger charge is 2.12. The average Bonchev–Trinajstić information content (AvgIpc) is 1.25. The zero-order valence-electron chi connectivity index (χ0n) is 52.6. The molecule has 0 heterocycles. The molecule has 0 spiro atoms. The van der Waals surface area contributed by atoms with E-state index >= 15 is 0 Å². The largest absolute Gasteiger partial charge is 0.508 e. The van der Waals surface area contributed by atoms with Crippen LogP contribution in [0.2, 0.25) is 0 Å². The molecule has 0 radical (unpaired) electrons. The Labute approximate surface area is 545 Å². The molecule has 0 amide bonds. The molecule has 12 rings (SSSR count). The van der Waals surface area contributed by atoms with Gasteiger partial charge in [-0.3, -0.25) is 24.0 Å². The molecule has 0 aliphatic rings. The van der Waals surface area contributed by atoms with Crippen molar-refractivity contribution in [2.45, 2.75) is 80.9 Å². The first-order valence-corrected chi connectivity index (χ1v) is 30.8. The number of carbonyl (C=O) groups is 5. The summed E-state index contributed by atoms with van der Waals surface area (Å²) >= 11 is 3.45. The minimum Gasteiger partial charge on any atom is -0.508 e. The van der Waals surface area contributed by atoms with E-state index in [-0.39, 0.29) is 23.1 Å². The lowest BCUT2D eigenvalue weighted by molar-refractivity contribution is -0.117. The standard InChI is InChI=1S/C22H21NO2.C21H17NO2.C14H12O2.C13H12O2.C11H9Br/c1-15(24)11-18-5-8-21-13-22(10-9-20(21)12-18)25-14-17-3-6-19(7-4-17)16(2)23;1-15(23)11-17-3-6-19-13-21(10-7-18(19)12-17)24-14-16-4-8-20(22-2)9-5-16;1-9-3-4-12-8-13(14(16)10(2)15)6-5-11(12)7-9;1-9(14)6-10-2-3-12-8-13(15)5-4-11(12)7-10;1-8-2-3-10-7-11(12)5-4-9(10)6-8/h3-10,12-13,23H,11,14H2,1-2H3;3-10,12-13H,11,14H2,1H3;3-8H,1-2H3;2-5,7-8,15H,6H2,1H3;2-7H,1H3. The summed E-state index contributed by atoms with van der Waals surface area (Å²) < 4.78 is 12.9. The van der Waals surface area contributed by atoms with Gasteiger partial charge in [-0.2, -0.15) is 0 Å². The third-order valence-corrected chi connectivity index (χ3v) is 15.3. The Kier molecular flexibility index (Phi) is 23.5. The number of phenolic OH excluding ortho intramolecular Hbond substituents is 1. The van der Waals surface area contributed by atoms with Gasteiger partial charge in [-0.1, -0.05) is 203 Å². The van der Waals surface area contributed by atoms with E-state index in [0.717, 1.165) is 92.4 Å². The summed E-state index contributed by atoms with van der Waals surface area (Å²) in [7, 11) is 0. The smallest absolute Gasteiger partial charge is 0.228 e. The molecule has 11 heteroatoms. The maximum atomic E-state index is 11.5. The molecular weight excluding hydrogens is 1210 g/mol. The van der Waals surface area contributed by atoms with Crippen molar-refractivity contribution in [1.82, 2.24) is 0 Å². The Morgan fingerprint density at radius 2 is 0.750 bits per heavy atom.